The van der Waals surface area contributed by atoms with E-state index in [2.05, 4.69) is 27.4 Å². The van der Waals surface area contributed by atoms with Crippen LogP contribution in [0.15, 0.2) is 12.7 Å². The fourth-order valence-corrected chi connectivity index (χ4v) is 2.55. The third-order valence-electron chi connectivity index (χ3n) is 3.89. The molecule has 0 aromatic heterocycles. The molecule has 0 saturated carbocycles. The molecule has 0 aromatic rings. The Morgan fingerprint density at radius 3 is 2.00 bits per heavy atom. The Morgan fingerprint density at radius 2 is 1.48 bits per heavy atom. The number of rotatable bonds is 14. The second-order valence-corrected chi connectivity index (χ2v) is 6.50. The molecule has 0 fully saturated rings. The van der Waals surface area contributed by atoms with Crippen LogP contribution in [0.2, 0.25) is 0 Å². The van der Waals surface area contributed by atoms with Gasteiger partial charge in [0.1, 0.15) is 6.10 Å². The maximum absolute atomic E-state index is 11.4. The topological polar surface area (TPSA) is 26.3 Å². The van der Waals surface area contributed by atoms with Gasteiger partial charge in [-0.05, 0) is 31.6 Å². The molecule has 0 radical (unpaired) electrons. The van der Waals surface area contributed by atoms with E-state index in [0.29, 0.717) is 0 Å². The molecule has 0 N–H and O–H groups in total. The molecule has 124 valence electrons. The first-order valence-electron chi connectivity index (χ1n) is 8.93. The average Bonchev–Trinajstić information content (AvgIpc) is 2.45. The predicted octanol–water partition coefficient (Wildman–Crippen LogP) is 6.05. The first-order chi connectivity index (χ1) is 10.1. The Morgan fingerprint density at radius 1 is 0.952 bits per heavy atom. The summed E-state index contributed by atoms with van der Waals surface area (Å²) in [4.78, 5) is 11.4. The van der Waals surface area contributed by atoms with Gasteiger partial charge in [0.25, 0.3) is 0 Å². The zero-order valence-electron chi connectivity index (χ0n) is 14.5. The lowest BCUT2D eigenvalue weighted by Crippen LogP contribution is -2.17. The monoisotopic (exact) mass is 296 g/mol. The van der Waals surface area contributed by atoms with Crippen molar-refractivity contribution < 1.29 is 9.53 Å². The minimum atomic E-state index is -0.268. The van der Waals surface area contributed by atoms with Gasteiger partial charge in [-0.3, -0.25) is 0 Å². The highest BCUT2D eigenvalue weighted by Gasteiger charge is 2.12. The number of hydrogen-bond donors (Lipinski definition) is 0. The third-order valence-corrected chi connectivity index (χ3v) is 3.89. The zero-order chi connectivity index (χ0) is 15.9. The van der Waals surface area contributed by atoms with E-state index in [1.54, 1.807) is 0 Å². The molecule has 0 heterocycles. The van der Waals surface area contributed by atoms with Gasteiger partial charge in [-0.1, -0.05) is 72.3 Å². The van der Waals surface area contributed by atoms with Crippen molar-refractivity contribution in [2.24, 2.45) is 5.92 Å². The van der Waals surface area contributed by atoms with Crippen LogP contribution < -0.4 is 0 Å². The van der Waals surface area contributed by atoms with Crippen LogP contribution in [-0.2, 0) is 9.53 Å². The number of carbonyl (C=O) groups excluding carboxylic acids is 1. The van der Waals surface area contributed by atoms with E-state index < -0.39 is 0 Å². The van der Waals surface area contributed by atoms with Crippen molar-refractivity contribution in [1.29, 1.82) is 0 Å². The lowest BCUT2D eigenvalue weighted by molar-refractivity contribution is -0.143. The third kappa shape index (κ3) is 13.9. The quantitative estimate of drug-likeness (QED) is 0.221. The van der Waals surface area contributed by atoms with E-state index in [1.807, 2.05) is 0 Å². The highest BCUT2D eigenvalue weighted by molar-refractivity contribution is 5.81. The Kier molecular flexibility index (Phi) is 13.6. The summed E-state index contributed by atoms with van der Waals surface area (Å²) in [5.74, 6) is 0.522. The number of hydrogen-bond acceptors (Lipinski definition) is 2. The molecule has 2 nitrogen and oxygen atoms in total. The van der Waals surface area contributed by atoms with Crippen molar-refractivity contribution >= 4 is 5.97 Å². The predicted molar refractivity (Wildman–Crippen MR) is 91.4 cm³/mol. The van der Waals surface area contributed by atoms with E-state index in [-0.39, 0.29) is 12.1 Å². The van der Waals surface area contributed by atoms with Gasteiger partial charge >= 0.3 is 5.97 Å². The number of ether oxygens (including phenoxy) is 1. The Hall–Kier alpha value is -0.790. The highest BCUT2D eigenvalue weighted by atomic mass is 16.5. The van der Waals surface area contributed by atoms with Gasteiger partial charge in [0.2, 0.25) is 0 Å². The van der Waals surface area contributed by atoms with Crippen LogP contribution in [0.1, 0.15) is 91.4 Å². The van der Waals surface area contributed by atoms with Gasteiger partial charge in [0.15, 0.2) is 0 Å². The molecule has 1 unspecified atom stereocenters. The Bertz CT molecular complexity index is 258. The van der Waals surface area contributed by atoms with Gasteiger partial charge in [-0.15, -0.1) is 0 Å². The van der Waals surface area contributed by atoms with E-state index in [9.17, 15) is 4.79 Å². The first-order valence-corrected chi connectivity index (χ1v) is 8.93. The minimum Gasteiger partial charge on any atom is -0.459 e. The van der Waals surface area contributed by atoms with Crippen molar-refractivity contribution in [3.63, 3.8) is 0 Å². The summed E-state index contributed by atoms with van der Waals surface area (Å²) in [6.45, 7) is 10.3. The summed E-state index contributed by atoms with van der Waals surface area (Å²) >= 11 is 0. The van der Waals surface area contributed by atoms with E-state index in [1.165, 1.54) is 57.4 Å². The van der Waals surface area contributed by atoms with Crippen molar-refractivity contribution in [2.45, 2.75) is 97.5 Å². The largest absolute Gasteiger partial charge is 0.459 e. The van der Waals surface area contributed by atoms with E-state index >= 15 is 0 Å². The maximum Gasteiger partial charge on any atom is 0.330 e. The Balaban J connectivity index is 3.85. The lowest BCUT2D eigenvalue weighted by atomic mass is 10.0. The Labute approximate surface area is 132 Å². The van der Waals surface area contributed by atoms with Crippen molar-refractivity contribution in [3.05, 3.63) is 12.7 Å². The second-order valence-electron chi connectivity index (χ2n) is 6.50. The molecule has 0 rings (SSSR count). The number of carbonyl (C=O) groups is 1. The normalized spacial score (nSPS) is 12.4. The van der Waals surface area contributed by atoms with Crippen molar-refractivity contribution in [3.8, 4) is 0 Å². The highest BCUT2D eigenvalue weighted by Crippen LogP contribution is 2.17. The van der Waals surface area contributed by atoms with Gasteiger partial charge in [-0.25, -0.2) is 4.79 Å². The molecule has 21 heavy (non-hydrogen) atoms. The molecular weight excluding hydrogens is 260 g/mol. The van der Waals surface area contributed by atoms with Crippen LogP contribution in [0.4, 0.5) is 0 Å². The van der Waals surface area contributed by atoms with Crippen LogP contribution in [0, 0.1) is 5.92 Å². The molecule has 0 spiro atoms. The van der Waals surface area contributed by atoms with Gasteiger partial charge in [0, 0.05) is 6.08 Å². The fraction of sp³-hybridized carbons (Fsp3) is 0.842. The summed E-state index contributed by atoms with van der Waals surface area (Å²) in [5, 5.41) is 0. The lowest BCUT2D eigenvalue weighted by Gasteiger charge is -2.17. The van der Waals surface area contributed by atoms with Crippen LogP contribution in [0.5, 0.6) is 0 Å². The van der Waals surface area contributed by atoms with Crippen LogP contribution >= 0.6 is 0 Å². The second kappa shape index (κ2) is 14.2. The number of esters is 1. The van der Waals surface area contributed by atoms with Crippen molar-refractivity contribution in [2.75, 3.05) is 0 Å². The molecule has 0 aliphatic rings. The SMILES string of the molecule is C=CC(=O)OC(CCCCCCC)CCCCCC(C)C. The minimum absolute atomic E-state index is 0.0937. The van der Waals surface area contributed by atoms with Crippen molar-refractivity contribution in [1.82, 2.24) is 0 Å². The molecular formula is C19H36O2. The summed E-state index contributed by atoms with van der Waals surface area (Å²) in [7, 11) is 0. The molecule has 0 amide bonds. The van der Waals surface area contributed by atoms with Crippen LogP contribution in [-0.4, -0.2) is 12.1 Å². The zero-order valence-corrected chi connectivity index (χ0v) is 14.5. The van der Waals surface area contributed by atoms with E-state index in [4.69, 9.17) is 4.74 Å². The van der Waals surface area contributed by atoms with Gasteiger partial charge in [-0.2, -0.15) is 0 Å². The molecule has 0 saturated heterocycles. The molecule has 2 heteroatoms. The first kappa shape index (κ1) is 20.2. The van der Waals surface area contributed by atoms with Crippen LogP contribution in [0.3, 0.4) is 0 Å². The average molecular weight is 296 g/mol. The summed E-state index contributed by atoms with van der Waals surface area (Å²) in [5.41, 5.74) is 0. The summed E-state index contributed by atoms with van der Waals surface area (Å²) in [6, 6.07) is 0. The maximum atomic E-state index is 11.4. The summed E-state index contributed by atoms with van der Waals surface area (Å²) < 4.78 is 5.48. The molecule has 0 aliphatic carbocycles. The standard InChI is InChI=1S/C19H36O2/c1-5-7-8-9-12-15-18(21-19(20)6-2)16-13-10-11-14-17(3)4/h6,17-18H,2,5,7-16H2,1,3-4H3. The molecule has 0 aliphatic heterocycles. The van der Waals surface area contributed by atoms with Gasteiger partial charge < -0.3 is 4.74 Å². The van der Waals surface area contributed by atoms with Gasteiger partial charge in [0.05, 0.1) is 0 Å². The molecule has 1 atom stereocenters. The fourth-order valence-electron chi connectivity index (χ4n) is 2.55. The van der Waals surface area contributed by atoms with E-state index in [0.717, 1.165) is 25.2 Å². The van der Waals surface area contributed by atoms with Crippen LogP contribution in [0.25, 0.3) is 0 Å². The smallest absolute Gasteiger partial charge is 0.330 e. The summed E-state index contributed by atoms with van der Waals surface area (Å²) in [6.07, 6.45) is 14.7. The molecule has 0 bridgehead atoms. The molecule has 0 aromatic carbocycles. The number of unbranched alkanes of at least 4 members (excludes halogenated alkanes) is 6.